The molecule has 0 atom stereocenters. The van der Waals surface area contributed by atoms with Crippen LogP contribution < -0.4 is 15.6 Å². The van der Waals surface area contributed by atoms with Gasteiger partial charge in [0.25, 0.3) is 5.91 Å². The molecule has 1 fully saturated rings. The molecule has 1 saturated heterocycles. The summed E-state index contributed by atoms with van der Waals surface area (Å²) in [6.07, 6.45) is 3.18. The molecule has 5 rings (SSSR count). The molecule has 0 saturated carbocycles. The molecular weight excluding hydrogens is 500 g/mol. The van der Waals surface area contributed by atoms with Gasteiger partial charge in [-0.15, -0.1) is 0 Å². The number of anilines is 1. The van der Waals surface area contributed by atoms with E-state index in [9.17, 15) is 18.0 Å². The minimum Gasteiger partial charge on any atom is -0.355 e. The zero-order valence-electron chi connectivity index (χ0n) is 19.2. The van der Waals surface area contributed by atoms with Crippen LogP contribution in [0.4, 0.5) is 5.82 Å². The quantitative estimate of drug-likeness (QED) is 0.432. The molecule has 0 aliphatic carbocycles. The van der Waals surface area contributed by atoms with E-state index in [2.05, 4.69) is 10.3 Å². The summed E-state index contributed by atoms with van der Waals surface area (Å²) in [5.41, 5.74) is 2.14. The van der Waals surface area contributed by atoms with E-state index in [1.807, 2.05) is 39.8 Å². The average molecular weight is 523 g/mol. The maximum atomic E-state index is 13.2. The summed E-state index contributed by atoms with van der Waals surface area (Å²) in [5.74, 6) is 0.447. The van der Waals surface area contributed by atoms with Gasteiger partial charge in [0, 0.05) is 53.7 Å². The van der Waals surface area contributed by atoms with Gasteiger partial charge in [-0.05, 0) is 42.5 Å². The number of nitrogens with one attached hydrogen (secondary N) is 1. The van der Waals surface area contributed by atoms with E-state index in [-0.39, 0.29) is 29.4 Å². The summed E-state index contributed by atoms with van der Waals surface area (Å²) in [6.45, 7) is 0.790. The number of nitrogens with zero attached hydrogens (tertiary/aromatic N) is 3. The number of halogens is 1. The Labute approximate surface area is 213 Å². The highest BCUT2D eigenvalue weighted by Gasteiger charge is 2.22. The second kappa shape index (κ2) is 9.75. The molecule has 10 heteroatoms. The number of carbonyl (C=O) groups is 1. The number of para-hydroxylation sites is 1. The Hall–Kier alpha value is -3.69. The zero-order valence-corrected chi connectivity index (χ0v) is 20.8. The molecule has 4 aromatic rings. The van der Waals surface area contributed by atoms with Crippen molar-refractivity contribution in [3.05, 3.63) is 99.4 Å². The Morgan fingerprint density at radius 2 is 1.78 bits per heavy atom. The number of aromatic nitrogens is 2. The molecule has 2 aromatic carbocycles. The molecular formula is C26H23ClN4O4S. The fraction of sp³-hybridized carbons (Fsp3) is 0.192. The third-order valence-corrected chi connectivity index (χ3v) is 8.04. The van der Waals surface area contributed by atoms with Crippen molar-refractivity contribution in [3.8, 4) is 5.69 Å². The maximum Gasteiger partial charge on any atom is 0.253 e. The van der Waals surface area contributed by atoms with Crippen LogP contribution in [0.5, 0.6) is 0 Å². The first-order valence-electron chi connectivity index (χ1n) is 11.4. The predicted octanol–water partition coefficient (Wildman–Crippen LogP) is 3.20. The second-order valence-electron chi connectivity index (χ2n) is 8.58. The summed E-state index contributed by atoms with van der Waals surface area (Å²) < 4.78 is 25.2. The van der Waals surface area contributed by atoms with Crippen molar-refractivity contribution in [1.82, 2.24) is 14.9 Å². The summed E-state index contributed by atoms with van der Waals surface area (Å²) >= 11 is 6.21. The number of hydrogen-bond donors (Lipinski definition) is 1. The molecule has 0 bridgehead atoms. The SMILES string of the molecule is O=C(NCc1cn(-c2ccccc2)c2cc(Cl)ccc2c1=O)c1ccc(N2CCS(=O)(=O)CC2)nc1. The van der Waals surface area contributed by atoms with Crippen LogP contribution in [0.3, 0.4) is 0 Å². The number of amides is 1. The molecule has 36 heavy (non-hydrogen) atoms. The standard InChI is InChI=1S/C26H23ClN4O4S/c27-20-7-8-22-23(14-20)31(21-4-2-1-3-5-21)17-19(25(22)32)16-29-26(33)18-6-9-24(28-15-18)30-10-12-36(34,35)13-11-30/h1-9,14-15,17H,10-13,16H2,(H,29,33). The minimum atomic E-state index is -2.99. The van der Waals surface area contributed by atoms with Gasteiger partial charge < -0.3 is 14.8 Å². The van der Waals surface area contributed by atoms with Crippen LogP contribution in [0.15, 0.2) is 77.9 Å². The lowest BCUT2D eigenvalue weighted by Crippen LogP contribution is -2.40. The summed E-state index contributed by atoms with van der Waals surface area (Å²) in [5, 5.41) is 3.84. The van der Waals surface area contributed by atoms with Crippen LogP contribution in [-0.4, -0.2) is 48.5 Å². The lowest BCUT2D eigenvalue weighted by atomic mass is 10.1. The summed E-state index contributed by atoms with van der Waals surface area (Å²) in [7, 11) is -2.99. The summed E-state index contributed by atoms with van der Waals surface area (Å²) in [4.78, 5) is 32.2. The topological polar surface area (TPSA) is 101 Å². The highest BCUT2D eigenvalue weighted by molar-refractivity contribution is 7.91. The van der Waals surface area contributed by atoms with Crippen LogP contribution in [0.2, 0.25) is 5.02 Å². The Bertz CT molecular complexity index is 1590. The van der Waals surface area contributed by atoms with Gasteiger partial charge in [0.05, 0.1) is 22.6 Å². The minimum absolute atomic E-state index is 0.0365. The molecule has 1 aliphatic rings. The van der Waals surface area contributed by atoms with E-state index in [0.29, 0.717) is 46.0 Å². The fourth-order valence-corrected chi connectivity index (χ4v) is 5.58. The number of fused-ring (bicyclic) bond motifs is 1. The van der Waals surface area contributed by atoms with Gasteiger partial charge in [-0.2, -0.15) is 0 Å². The Balaban J connectivity index is 1.36. The third-order valence-electron chi connectivity index (χ3n) is 6.19. The molecule has 0 spiro atoms. The average Bonchev–Trinajstić information content (AvgIpc) is 2.89. The second-order valence-corrected chi connectivity index (χ2v) is 11.3. The van der Waals surface area contributed by atoms with Gasteiger partial charge in [-0.3, -0.25) is 9.59 Å². The molecule has 1 aliphatic heterocycles. The van der Waals surface area contributed by atoms with Crippen LogP contribution in [0.25, 0.3) is 16.6 Å². The van der Waals surface area contributed by atoms with Crippen molar-refractivity contribution in [2.45, 2.75) is 6.54 Å². The van der Waals surface area contributed by atoms with Crippen molar-refractivity contribution in [1.29, 1.82) is 0 Å². The molecule has 3 heterocycles. The summed E-state index contributed by atoms with van der Waals surface area (Å²) in [6, 6.07) is 18.0. The first kappa shape index (κ1) is 24.0. The van der Waals surface area contributed by atoms with Gasteiger partial charge in [0.15, 0.2) is 15.3 Å². The van der Waals surface area contributed by atoms with Crippen LogP contribution >= 0.6 is 11.6 Å². The number of sulfone groups is 1. The van der Waals surface area contributed by atoms with Gasteiger partial charge in [0.1, 0.15) is 5.82 Å². The van der Waals surface area contributed by atoms with E-state index in [1.165, 1.54) is 6.20 Å². The van der Waals surface area contributed by atoms with Crippen LogP contribution in [0, 0.1) is 0 Å². The van der Waals surface area contributed by atoms with Gasteiger partial charge in [0.2, 0.25) is 0 Å². The molecule has 1 N–H and O–H groups in total. The Kier molecular flexibility index (Phi) is 6.51. The smallest absolute Gasteiger partial charge is 0.253 e. The van der Waals surface area contributed by atoms with Gasteiger partial charge in [-0.25, -0.2) is 13.4 Å². The van der Waals surface area contributed by atoms with Gasteiger partial charge in [-0.1, -0.05) is 29.8 Å². The number of benzene rings is 2. The third kappa shape index (κ3) is 4.98. The highest BCUT2D eigenvalue weighted by Crippen LogP contribution is 2.21. The molecule has 1 amide bonds. The molecule has 0 unspecified atom stereocenters. The van der Waals surface area contributed by atoms with E-state index >= 15 is 0 Å². The molecule has 0 radical (unpaired) electrons. The lowest BCUT2D eigenvalue weighted by molar-refractivity contribution is 0.0950. The Morgan fingerprint density at radius 3 is 2.47 bits per heavy atom. The molecule has 2 aromatic heterocycles. The van der Waals surface area contributed by atoms with Gasteiger partial charge >= 0.3 is 0 Å². The number of hydrogen-bond acceptors (Lipinski definition) is 6. The number of rotatable bonds is 5. The maximum absolute atomic E-state index is 13.2. The number of pyridine rings is 2. The van der Waals surface area contributed by atoms with Crippen molar-refractivity contribution in [2.24, 2.45) is 0 Å². The van der Waals surface area contributed by atoms with E-state index in [4.69, 9.17) is 11.6 Å². The van der Waals surface area contributed by atoms with E-state index < -0.39 is 9.84 Å². The first-order chi connectivity index (χ1) is 17.3. The van der Waals surface area contributed by atoms with E-state index in [1.54, 1.807) is 36.5 Å². The predicted molar refractivity (Wildman–Crippen MR) is 141 cm³/mol. The normalized spacial score (nSPS) is 15.1. The molecule has 8 nitrogen and oxygen atoms in total. The largest absolute Gasteiger partial charge is 0.355 e. The van der Waals surface area contributed by atoms with Crippen molar-refractivity contribution >= 4 is 44.1 Å². The highest BCUT2D eigenvalue weighted by atomic mass is 35.5. The number of carbonyl (C=O) groups excluding carboxylic acids is 1. The first-order valence-corrected chi connectivity index (χ1v) is 13.6. The van der Waals surface area contributed by atoms with Crippen molar-refractivity contribution < 1.29 is 13.2 Å². The fourth-order valence-electron chi connectivity index (χ4n) is 4.21. The van der Waals surface area contributed by atoms with Crippen LogP contribution in [-0.2, 0) is 16.4 Å². The zero-order chi connectivity index (χ0) is 25.3. The van der Waals surface area contributed by atoms with Crippen molar-refractivity contribution in [2.75, 3.05) is 29.5 Å². The van der Waals surface area contributed by atoms with Crippen molar-refractivity contribution in [3.63, 3.8) is 0 Å². The van der Waals surface area contributed by atoms with Crippen LogP contribution in [0.1, 0.15) is 15.9 Å². The monoisotopic (exact) mass is 522 g/mol. The lowest BCUT2D eigenvalue weighted by Gasteiger charge is -2.27. The van der Waals surface area contributed by atoms with E-state index in [0.717, 1.165) is 5.69 Å². The Morgan fingerprint density at radius 1 is 1.03 bits per heavy atom. The molecule has 184 valence electrons.